The van der Waals surface area contributed by atoms with Gasteiger partial charge in [0.25, 0.3) is 11.8 Å². The molecule has 2 amide bonds. The van der Waals surface area contributed by atoms with Gasteiger partial charge in [-0.05, 0) is 42.7 Å². The van der Waals surface area contributed by atoms with Crippen LogP contribution >= 0.6 is 0 Å². The van der Waals surface area contributed by atoms with Gasteiger partial charge in [0.1, 0.15) is 23.4 Å². The van der Waals surface area contributed by atoms with Crippen molar-refractivity contribution in [1.82, 2.24) is 19.8 Å². The van der Waals surface area contributed by atoms with Crippen LogP contribution in [0.5, 0.6) is 0 Å². The maximum absolute atomic E-state index is 13.8. The molecule has 7 nitrogen and oxygen atoms in total. The van der Waals surface area contributed by atoms with Crippen molar-refractivity contribution in [1.29, 1.82) is 0 Å². The van der Waals surface area contributed by atoms with Gasteiger partial charge in [-0.3, -0.25) is 19.6 Å². The lowest BCUT2D eigenvalue weighted by molar-refractivity contribution is -0.142. The van der Waals surface area contributed by atoms with Crippen molar-refractivity contribution in [2.24, 2.45) is 0 Å². The molecule has 3 aliphatic heterocycles. The van der Waals surface area contributed by atoms with Gasteiger partial charge in [0.05, 0.1) is 17.1 Å². The summed E-state index contributed by atoms with van der Waals surface area (Å²) in [6, 6.07) is 8.29. The Morgan fingerprint density at radius 2 is 1.76 bits per heavy atom. The van der Waals surface area contributed by atoms with Gasteiger partial charge < -0.3 is 14.5 Å². The zero-order valence-corrected chi connectivity index (χ0v) is 18.3. The first-order valence-electron chi connectivity index (χ1n) is 11.4. The number of aromatic nitrogens is 2. The molecule has 9 heteroatoms. The maximum Gasteiger partial charge on any atom is 0.257 e. The molecular weight excluding hydrogens is 442 g/mol. The van der Waals surface area contributed by atoms with E-state index >= 15 is 0 Å². The van der Waals surface area contributed by atoms with Crippen LogP contribution in [-0.4, -0.2) is 56.5 Å². The van der Waals surface area contributed by atoms with Crippen LogP contribution in [0.3, 0.4) is 0 Å². The Hall–Kier alpha value is -3.46. The first kappa shape index (κ1) is 21.1. The molecule has 3 saturated heterocycles. The van der Waals surface area contributed by atoms with E-state index in [2.05, 4.69) is 9.97 Å². The van der Waals surface area contributed by atoms with E-state index in [4.69, 9.17) is 4.74 Å². The third kappa shape index (κ3) is 3.26. The van der Waals surface area contributed by atoms with Gasteiger partial charge in [-0.1, -0.05) is 6.07 Å². The fourth-order valence-corrected chi connectivity index (χ4v) is 5.55. The van der Waals surface area contributed by atoms with Gasteiger partial charge in [0.2, 0.25) is 0 Å². The number of fused-ring (bicyclic) bond motifs is 2. The van der Waals surface area contributed by atoms with Gasteiger partial charge in [0.15, 0.2) is 5.60 Å². The predicted molar refractivity (Wildman–Crippen MR) is 117 cm³/mol. The Labute approximate surface area is 194 Å². The minimum atomic E-state index is -1.01. The standard InChI is InChI=1S/C25H22F2N4O3/c26-16-12-15(13-17(27)14-16)20-4-5-21-31(20)24(33)25(34-21)6-10-30(11-7-25)23(32)18-2-1-3-19-22(18)29-9-8-28-19/h1-3,8-9,12-14,20-21H,4-7,10-11H2. The number of carbonyl (C=O) groups excluding carboxylic acids is 2. The number of nitrogens with zero attached hydrogens (tertiary/aromatic N) is 4. The summed E-state index contributed by atoms with van der Waals surface area (Å²) in [4.78, 5) is 38.7. The number of hydrogen-bond donors (Lipinski definition) is 0. The minimum Gasteiger partial charge on any atom is -0.342 e. The molecule has 2 unspecified atom stereocenters. The maximum atomic E-state index is 13.8. The molecule has 0 N–H and O–H groups in total. The van der Waals surface area contributed by atoms with Crippen LogP contribution in [0.25, 0.3) is 11.0 Å². The molecule has 174 valence electrons. The molecule has 0 bridgehead atoms. The van der Waals surface area contributed by atoms with Gasteiger partial charge in [-0.25, -0.2) is 8.78 Å². The molecule has 3 aromatic rings. The molecule has 0 radical (unpaired) electrons. The number of para-hydroxylation sites is 1. The fraction of sp³-hybridized carbons (Fsp3) is 0.360. The number of halogens is 2. The molecule has 1 spiro atoms. The molecule has 6 rings (SSSR count). The largest absolute Gasteiger partial charge is 0.342 e. The second-order valence-electron chi connectivity index (χ2n) is 9.10. The van der Waals surface area contributed by atoms with Gasteiger partial charge in [0, 0.05) is 44.4 Å². The number of likely N-dealkylation sites (tertiary alicyclic amines) is 1. The summed E-state index contributed by atoms with van der Waals surface area (Å²) < 4.78 is 33.9. The van der Waals surface area contributed by atoms with Gasteiger partial charge in [-0.2, -0.15) is 0 Å². The molecule has 0 saturated carbocycles. The van der Waals surface area contributed by atoms with Crippen molar-refractivity contribution in [2.45, 2.75) is 43.6 Å². The van der Waals surface area contributed by atoms with Crippen LogP contribution in [0.2, 0.25) is 0 Å². The molecule has 3 fully saturated rings. The Morgan fingerprint density at radius 3 is 2.53 bits per heavy atom. The summed E-state index contributed by atoms with van der Waals surface area (Å²) >= 11 is 0. The molecule has 2 atom stereocenters. The third-order valence-corrected chi connectivity index (χ3v) is 7.18. The second kappa shape index (κ2) is 7.80. The summed E-state index contributed by atoms with van der Waals surface area (Å²) in [7, 11) is 0. The van der Waals surface area contributed by atoms with E-state index in [1.165, 1.54) is 12.1 Å². The molecule has 4 heterocycles. The molecular formula is C25H22F2N4O3. The highest BCUT2D eigenvalue weighted by Gasteiger charge is 2.58. The van der Waals surface area contributed by atoms with E-state index in [0.717, 1.165) is 6.07 Å². The van der Waals surface area contributed by atoms with E-state index in [1.54, 1.807) is 34.3 Å². The van der Waals surface area contributed by atoms with Crippen LogP contribution in [-0.2, 0) is 9.53 Å². The van der Waals surface area contributed by atoms with E-state index in [9.17, 15) is 18.4 Å². The second-order valence-corrected chi connectivity index (χ2v) is 9.10. The number of piperidine rings is 1. The first-order chi connectivity index (χ1) is 16.4. The van der Waals surface area contributed by atoms with Gasteiger partial charge >= 0.3 is 0 Å². The summed E-state index contributed by atoms with van der Waals surface area (Å²) in [6.45, 7) is 0.724. The highest BCUT2D eigenvalue weighted by Crippen LogP contribution is 2.47. The van der Waals surface area contributed by atoms with E-state index in [1.807, 2.05) is 6.07 Å². The van der Waals surface area contributed by atoms with Crippen molar-refractivity contribution in [3.63, 3.8) is 0 Å². The lowest BCUT2D eigenvalue weighted by atomic mass is 9.89. The van der Waals surface area contributed by atoms with Crippen molar-refractivity contribution in [3.8, 4) is 0 Å². The summed E-state index contributed by atoms with van der Waals surface area (Å²) in [6.07, 6.45) is 4.65. The van der Waals surface area contributed by atoms with Crippen molar-refractivity contribution in [2.75, 3.05) is 13.1 Å². The van der Waals surface area contributed by atoms with Gasteiger partial charge in [-0.15, -0.1) is 0 Å². The molecule has 3 aliphatic rings. The predicted octanol–water partition coefficient (Wildman–Crippen LogP) is 3.60. The Bertz CT molecular complexity index is 1280. The molecule has 34 heavy (non-hydrogen) atoms. The fourth-order valence-electron chi connectivity index (χ4n) is 5.55. The average Bonchev–Trinajstić information content (AvgIpc) is 3.36. The van der Waals surface area contributed by atoms with E-state index < -0.39 is 29.5 Å². The van der Waals surface area contributed by atoms with E-state index in [0.29, 0.717) is 60.9 Å². The molecule has 1 aromatic heterocycles. The van der Waals surface area contributed by atoms with Crippen LogP contribution in [0.4, 0.5) is 8.78 Å². The Morgan fingerprint density at radius 1 is 1.03 bits per heavy atom. The Balaban J connectivity index is 1.20. The van der Waals surface area contributed by atoms with Crippen LogP contribution in [0.15, 0.2) is 48.8 Å². The number of ether oxygens (including phenoxy) is 1. The number of benzene rings is 2. The summed E-state index contributed by atoms with van der Waals surface area (Å²) in [5, 5.41) is 0. The molecule has 0 aliphatic carbocycles. The van der Waals surface area contributed by atoms with Crippen LogP contribution in [0, 0.1) is 11.6 Å². The number of carbonyl (C=O) groups is 2. The average molecular weight is 464 g/mol. The topological polar surface area (TPSA) is 75.6 Å². The van der Waals surface area contributed by atoms with Crippen molar-refractivity contribution < 1.29 is 23.1 Å². The zero-order valence-electron chi connectivity index (χ0n) is 18.3. The quantitative estimate of drug-likeness (QED) is 0.579. The first-order valence-corrected chi connectivity index (χ1v) is 11.4. The van der Waals surface area contributed by atoms with Crippen LogP contribution < -0.4 is 0 Å². The van der Waals surface area contributed by atoms with Crippen LogP contribution in [0.1, 0.15) is 47.6 Å². The highest BCUT2D eigenvalue weighted by molar-refractivity contribution is 6.04. The monoisotopic (exact) mass is 464 g/mol. The van der Waals surface area contributed by atoms with Crippen molar-refractivity contribution in [3.05, 3.63) is 71.6 Å². The molecule has 2 aromatic carbocycles. The SMILES string of the molecule is O=C(c1cccc2nccnc12)N1CCC2(CC1)OC1CCC(c3cc(F)cc(F)c3)N1C2=O. The normalized spacial score (nSPS) is 23.6. The number of rotatable bonds is 2. The minimum absolute atomic E-state index is 0.153. The Kier molecular flexibility index (Phi) is 4.84. The highest BCUT2D eigenvalue weighted by atomic mass is 19.1. The summed E-state index contributed by atoms with van der Waals surface area (Å²) in [5.41, 5.74) is 1.11. The van der Waals surface area contributed by atoms with Crippen molar-refractivity contribution >= 4 is 22.8 Å². The number of hydrogen-bond acceptors (Lipinski definition) is 5. The zero-order chi connectivity index (χ0) is 23.4. The summed E-state index contributed by atoms with van der Waals surface area (Å²) in [5.74, 6) is -1.64. The smallest absolute Gasteiger partial charge is 0.257 e. The van der Waals surface area contributed by atoms with E-state index in [-0.39, 0.29) is 11.8 Å². The lowest BCUT2D eigenvalue weighted by Crippen LogP contribution is -2.51. The number of amides is 2. The third-order valence-electron chi connectivity index (χ3n) is 7.18. The lowest BCUT2D eigenvalue weighted by Gasteiger charge is -2.37.